The molecule has 0 saturated heterocycles. The van der Waals surface area contributed by atoms with Gasteiger partial charge in [0.25, 0.3) is 0 Å². The molecule has 0 spiro atoms. The van der Waals surface area contributed by atoms with Gasteiger partial charge < -0.3 is 15.8 Å². The lowest BCUT2D eigenvalue weighted by Gasteiger charge is -2.21. The third-order valence-electron chi connectivity index (χ3n) is 2.76. The summed E-state index contributed by atoms with van der Waals surface area (Å²) in [6.45, 7) is 6.56. The quantitative estimate of drug-likeness (QED) is 0.837. The number of halogens is 2. The van der Waals surface area contributed by atoms with E-state index in [9.17, 15) is 18.4 Å². The highest BCUT2D eigenvalue weighted by atomic mass is 19.2. The van der Waals surface area contributed by atoms with E-state index in [1.807, 2.05) is 0 Å². The molecule has 0 aromatic heterocycles. The highest BCUT2D eigenvalue weighted by Gasteiger charge is 2.22. The largest absolute Gasteiger partial charge is 0.444 e. The zero-order valence-electron chi connectivity index (χ0n) is 13.0. The molecule has 7 heteroatoms. The van der Waals surface area contributed by atoms with Gasteiger partial charge in [-0.05, 0) is 39.3 Å². The molecule has 0 bridgehead atoms. The fourth-order valence-electron chi connectivity index (χ4n) is 1.66. The van der Waals surface area contributed by atoms with Gasteiger partial charge in [-0.2, -0.15) is 0 Å². The summed E-state index contributed by atoms with van der Waals surface area (Å²) in [5, 5.41) is 2.38. The molecule has 122 valence electrons. The van der Waals surface area contributed by atoms with Crippen LogP contribution in [0.4, 0.5) is 19.3 Å². The van der Waals surface area contributed by atoms with Crippen molar-refractivity contribution in [3.05, 3.63) is 29.3 Å². The monoisotopic (exact) mass is 314 g/mol. The second-order valence-electron chi connectivity index (χ2n) is 5.98. The first-order valence-electron chi connectivity index (χ1n) is 6.75. The van der Waals surface area contributed by atoms with Crippen molar-refractivity contribution in [2.24, 2.45) is 0 Å². The van der Waals surface area contributed by atoms with E-state index in [1.165, 1.54) is 6.92 Å². The van der Waals surface area contributed by atoms with Crippen molar-refractivity contribution in [2.75, 3.05) is 5.73 Å². The Labute approximate surface area is 127 Å². The predicted molar refractivity (Wildman–Crippen MR) is 78.3 cm³/mol. The van der Waals surface area contributed by atoms with Crippen LogP contribution in [0.25, 0.3) is 0 Å². The molecule has 0 radical (unpaired) electrons. The van der Waals surface area contributed by atoms with Gasteiger partial charge in [0, 0.05) is 18.2 Å². The average Bonchev–Trinajstić information content (AvgIpc) is 2.33. The smallest absolute Gasteiger partial charge is 0.408 e. The molecule has 1 rings (SSSR count). The van der Waals surface area contributed by atoms with E-state index in [0.29, 0.717) is 0 Å². The number of amides is 1. The number of ether oxygens (including phenoxy) is 1. The summed E-state index contributed by atoms with van der Waals surface area (Å²) in [4.78, 5) is 23.6. The predicted octanol–water partition coefficient (Wildman–Crippen LogP) is 2.57. The highest BCUT2D eigenvalue weighted by Crippen LogP contribution is 2.18. The maximum atomic E-state index is 13.2. The molecule has 1 aromatic carbocycles. The molecule has 3 N–H and O–H groups in total. The number of carbonyl (C=O) groups excluding carboxylic acids is 2. The molecule has 0 fully saturated rings. The molecular weight excluding hydrogens is 294 g/mol. The Kier molecular flexibility index (Phi) is 5.46. The Morgan fingerprint density at radius 3 is 2.36 bits per heavy atom. The number of benzene rings is 1. The Bertz CT molecular complexity index is 583. The lowest BCUT2D eigenvalue weighted by molar-refractivity contribution is -0.120. The van der Waals surface area contributed by atoms with Crippen molar-refractivity contribution in [2.45, 2.75) is 45.8 Å². The van der Waals surface area contributed by atoms with Gasteiger partial charge in [0.1, 0.15) is 5.60 Å². The van der Waals surface area contributed by atoms with Crippen molar-refractivity contribution in [1.29, 1.82) is 0 Å². The van der Waals surface area contributed by atoms with E-state index in [1.54, 1.807) is 20.8 Å². The zero-order valence-corrected chi connectivity index (χ0v) is 13.0. The summed E-state index contributed by atoms with van der Waals surface area (Å²) >= 11 is 0. The second-order valence-corrected chi connectivity index (χ2v) is 5.98. The van der Waals surface area contributed by atoms with Gasteiger partial charge in [0.05, 0.1) is 6.04 Å². The third-order valence-corrected chi connectivity index (χ3v) is 2.76. The molecule has 1 aromatic rings. The molecule has 0 unspecified atom stereocenters. The van der Waals surface area contributed by atoms with Crippen LogP contribution in [0, 0.1) is 11.6 Å². The number of anilines is 1. The summed E-state index contributed by atoms with van der Waals surface area (Å²) < 4.78 is 31.2. The van der Waals surface area contributed by atoms with Gasteiger partial charge in [0.15, 0.2) is 17.4 Å². The van der Waals surface area contributed by atoms with Crippen LogP contribution in [-0.4, -0.2) is 23.5 Å². The minimum Gasteiger partial charge on any atom is -0.444 e. The summed E-state index contributed by atoms with van der Waals surface area (Å²) in [6, 6.07) is 0.856. The molecule has 1 atom stereocenters. The SMILES string of the molecule is C[C@H](NC(=O)OC(C)(C)C)C(=O)Cc1cc(F)c(F)cc1N. The minimum atomic E-state index is -1.08. The molecule has 5 nitrogen and oxygen atoms in total. The van der Waals surface area contributed by atoms with Gasteiger partial charge >= 0.3 is 6.09 Å². The van der Waals surface area contributed by atoms with Crippen LogP contribution in [0.2, 0.25) is 0 Å². The molecule has 0 aliphatic rings. The number of hydrogen-bond donors (Lipinski definition) is 2. The first-order chi connectivity index (χ1) is 9.99. The van der Waals surface area contributed by atoms with Gasteiger partial charge in [-0.3, -0.25) is 4.79 Å². The number of alkyl carbamates (subject to hydrolysis) is 1. The van der Waals surface area contributed by atoms with Crippen LogP contribution in [0.3, 0.4) is 0 Å². The van der Waals surface area contributed by atoms with Crippen molar-refractivity contribution in [1.82, 2.24) is 5.32 Å². The van der Waals surface area contributed by atoms with E-state index in [2.05, 4.69) is 5.32 Å². The molecule has 0 heterocycles. The van der Waals surface area contributed by atoms with Crippen molar-refractivity contribution >= 4 is 17.6 Å². The minimum absolute atomic E-state index is 0.0169. The number of Topliss-reactive ketones (excluding diaryl/α,β-unsaturated/α-hetero) is 1. The van der Waals surface area contributed by atoms with E-state index in [0.717, 1.165) is 12.1 Å². The third kappa shape index (κ3) is 5.31. The van der Waals surface area contributed by atoms with E-state index in [4.69, 9.17) is 10.5 Å². The maximum Gasteiger partial charge on any atom is 0.408 e. The number of nitrogen functional groups attached to an aromatic ring is 1. The summed E-state index contributed by atoms with van der Waals surface area (Å²) in [5.41, 5.74) is 5.02. The molecule has 22 heavy (non-hydrogen) atoms. The van der Waals surface area contributed by atoms with E-state index < -0.39 is 35.2 Å². The number of nitrogens with one attached hydrogen (secondary N) is 1. The normalized spacial score (nSPS) is 12.6. The van der Waals surface area contributed by atoms with Crippen LogP contribution in [-0.2, 0) is 16.0 Å². The topological polar surface area (TPSA) is 81.4 Å². The number of ketones is 1. The molecular formula is C15H20F2N2O3. The maximum absolute atomic E-state index is 13.2. The lowest BCUT2D eigenvalue weighted by Crippen LogP contribution is -2.42. The zero-order chi connectivity index (χ0) is 17.1. The van der Waals surface area contributed by atoms with Crippen LogP contribution in [0.15, 0.2) is 12.1 Å². The van der Waals surface area contributed by atoms with Crippen LogP contribution in [0.5, 0.6) is 0 Å². The Morgan fingerprint density at radius 2 is 1.82 bits per heavy atom. The lowest BCUT2D eigenvalue weighted by atomic mass is 10.0. The fourth-order valence-corrected chi connectivity index (χ4v) is 1.66. The number of hydrogen-bond acceptors (Lipinski definition) is 4. The van der Waals surface area contributed by atoms with Crippen molar-refractivity contribution in [3.63, 3.8) is 0 Å². The van der Waals surface area contributed by atoms with Gasteiger partial charge in [-0.15, -0.1) is 0 Å². The van der Waals surface area contributed by atoms with Crippen LogP contribution >= 0.6 is 0 Å². The summed E-state index contributed by atoms with van der Waals surface area (Å²) in [5.74, 6) is -2.55. The van der Waals surface area contributed by atoms with Gasteiger partial charge in [0.2, 0.25) is 0 Å². The van der Waals surface area contributed by atoms with Crippen molar-refractivity contribution < 1.29 is 23.1 Å². The number of carbonyl (C=O) groups is 2. The molecule has 0 saturated carbocycles. The number of nitrogens with two attached hydrogens (primary N) is 1. The summed E-state index contributed by atoms with van der Waals surface area (Å²) in [6.07, 6.45) is -0.952. The number of rotatable bonds is 4. The Morgan fingerprint density at radius 1 is 1.27 bits per heavy atom. The van der Waals surface area contributed by atoms with Crippen LogP contribution in [0.1, 0.15) is 33.3 Å². The van der Waals surface area contributed by atoms with E-state index >= 15 is 0 Å². The van der Waals surface area contributed by atoms with Gasteiger partial charge in [-0.25, -0.2) is 13.6 Å². The first kappa shape index (κ1) is 17.9. The molecule has 0 aliphatic carbocycles. The average molecular weight is 314 g/mol. The molecule has 1 amide bonds. The second kappa shape index (κ2) is 6.72. The Balaban J connectivity index is 2.69. The van der Waals surface area contributed by atoms with E-state index in [-0.39, 0.29) is 17.7 Å². The fraction of sp³-hybridized carbons (Fsp3) is 0.467. The first-order valence-corrected chi connectivity index (χ1v) is 6.75. The van der Waals surface area contributed by atoms with Crippen LogP contribution < -0.4 is 11.1 Å². The van der Waals surface area contributed by atoms with Gasteiger partial charge in [-0.1, -0.05) is 0 Å². The summed E-state index contributed by atoms with van der Waals surface area (Å²) in [7, 11) is 0. The Hall–Kier alpha value is -2.18. The highest BCUT2D eigenvalue weighted by molar-refractivity contribution is 5.89. The van der Waals surface area contributed by atoms with Crippen molar-refractivity contribution in [3.8, 4) is 0 Å². The molecule has 0 aliphatic heterocycles. The standard InChI is InChI=1S/C15H20F2N2O3/c1-8(19-14(21)22-15(2,3)4)13(20)6-9-5-10(16)11(17)7-12(9)18/h5,7-8H,6,18H2,1-4H3,(H,19,21)/t8-/m0/s1.